The molecule has 1 aliphatic heterocycles. The Morgan fingerprint density at radius 3 is 2.88 bits per heavy atom. The van der Waals surface area contributed by atoms with Crippen LogP contribution in [0.25, 0.3) is 0 Å². The Morgan fingerprint density at radius 1 is 1.29 bits per heavy atom. The van der Waals surface area contributed by atoms with Crippen molar-refractivity contribution in [3.8, 4) is 11.5 Å². The van der Waals surface area contributed by atoms with Crippen LogP contribution in [0.15, 0.2) is 12.1 Å². The molecule has 3 nitrogen and oxygen atoms in total. The minimum absolute atomic E-state index is 0.0209. The Kier molecular flexibility index (Phi) is 2.51. The van der Waals surface area contributed by atoms with Crippen LogP contribution in [-0.2, 0) is 6.42 Å². The van der Waals surface area contributed by atoms with Gasteiger partial charge in [-0.25, -0.2) is 0 Å². The highest BCUT2D eigenvalue weighted by molar-refractivity contribution is 5.52. The van der Waals surface area contributed by atoms with Crippen LogP contribution < -0.4 is 0 Å². The highest BCUT2D eigenvalue weighted by Gasteiger charge is 2.38. The van der Waals surface area contributed by atoms with E-state index in [4.69, 9.17) is 0 Å². The maximum Gasteiger partial charge on any atom is 0.160 e. The summed E-state index contributed by atoms with van der Waals surface area (Å²) in [6.07, 6.45) is 3.16. The second-order valence-electron chi connectivity index (χ2n) is 5.13. The molecule has 92 valence electrons. The molecule has 1 aromatic carbocycles. The number of benzene rings is 1. The zero-order valence-corrected chi connectivity index (χ0v) is 10.2. The second kappa shape index (κ2) is 3.91. The lowest BCUT2D eigenvalue weighted by atomic mass is 9.79. The number of rotatable bonds is 1. The van der Waals surface area contributed by atoms with E-state index in [1.165, 1.54) is 12.0 Å². The van der Waals surface area contributed by atoms with Gasteiger partial charge in [0, 0.05) is 17.5 Å². The van der Waals surface area contributed by atoms with Crippen molar-refractivity contribution in [2.45, 2.75) is 38.1 Å². The molecule has 2 atom stereocenters. The Morgan fingerprint density at radius 2 is 2.12 bits per heavy atom. The predicted molar refractivity (Wildman–Crippen MR) is 66.5 cm³/mol. The van der Waals surface area contributed by atoms with Crippen molar-refractivity contribution >= 4 is 0 Å². The molecular weight excluding hydrogens is 214 g/mol. The molecule has 1 heterocycles. The van der Waals surface area contributed by atoms with Crippen molar-refractivity contribution in [2.24, 2.45) is 0 Å². The largest absolute Gasteiger partial charge is 0.504 e. The summed E-state index contributed by atoms with van der Waals surface area (Å²) in [6, 6.07) is 4.27. The zero-order valence-electron chi connectivity index (χ0n) is 10.2. The number of likely N-dealkylation sites (N-methyl/N-ethyl adjacent to an activating group) is 1. The molecule has 1 fully saturated rings. The summed E-state index contributed by atoms with van der Waals surface area (Å²) in [5.74, 6) is 0.675. The van der Waals surface area contributed by atoms with Crippen molar-refractivity contribution in [3.63, 3.8) is 0 Å². The number of phenolic OH excluding ortho intramolecular Hbond substituents is 2. The molecule has 0 spiro atoms. The first-order valence-electron chi connectivity index (χ1n) is 6.50. The number of aromatic hydroxyl groups is 2. The molecule has 0 aromatic heterocycles. The normalized spacial score (nSPS) is 27.8. The minimum Gasteiger partial charge on any atom is -0.504 e. The minimum atomic E-state index is 0.0209. The molecule has 3 heteroatoms. The van der Waals surface area contributed by atoms with Gasteiger partial charge in [0.1, 0.15) is 0 Å². The van der Waals surface area contributed by atoms with Crippen LogP contribution in [0.5, 0.6) is 11.5 Å². The third-order valence-corrected chi connectivity index (χ3v) is 4.45. The highest BCUT2D eigenvalue weighted by atomic mass is 16.3. The summed E-state index contributed by atoms with van der Waals surface area (Å²) >= 11 is 0. The van der Waals surface area contributed by atoms with Gasteiger partial charge in [-0.1, -0.05) is 13.0 Å². The smallest absolute Gasteiger partial charge is 0.160 e. The molecule has 0 bridgehead atoms. The van der Waals surface area contributed by atoms with Crippen LogP contribution in [0.2, 0.25) is 0 Å². The average Bonchev–Trinajstić information content (AvgIpc) is 2.76. The molecule has 1 aliphatic carbocycles. The summed E-state index contributed by atoms with van der Waals surface area (Å²) in [7, 11) is 0. The van der Waals surface area contributed by atoms with E-state index in [9.17, 15) is 10.2 Å². The van der Waals surface area contributed by atoms with Crippen LogP contribution in [0, 0.1) is 0 Å². The van der Waals surface area contributed by atoms with Gasteiger partial charge in [0.15, 0.2) is 11.5 Å². The van der Waals surface area contributed by atoms with E-state index >= 15 is 0 Å². The molecule has 2 N–H and O–H groups in total. The predicted octanol–water partition coefficient (Wildman–Crippen LogP) is 2.22. The fraction of sp³-hybridized carbons (Fsp3) is 0.571. The van der Waals surface area contributed by atoms with Gasteiger partial charge < -0.3 is 15.1 Å². The first-order chi connectivity index (χ1) is 8.22. The van der Waals surface area contributed by atoms with Crippen molar-refractivity contribution in [1.82, 2.24) is 4.90 Å². The van der Waals surface area contributed by atoms with Crippen molar-refractivity contribution < 1.29 is 10.2 Å². The van der Waals surface area contributed by atoms with Gasteiger partial charge in [0.05, 0.1) is 0 Å². The van der Waals surface area contributed by atoms with E-state index in [2.05, 4.69) is 11.8 Å². The van der Waals surface area contributed by atoms with E-state index in [0.717, 1.165) is 31.5 Å². The summed E-state index contributed by atoms with van der Waals surface area (Å²) < 4.78 is 0. The van der Waals surface area contributed by atoms with E-state index in [1.807, 2.05) is 6.07 Å². The average molecular weight is 233 g/mol. The van der Waals surface area contributed by atoms with Gasteiger partial charge >= 0.3 is 0 Å². The van der Waals surface area contributed by atoms with Crippen LogP contribution >= 0.6 is 0 Å². The number of nitrogens with zero attached hydrogens (tertiary/aromatic N) is 1. The monoisotopic (exact) mass is 233 g/mol. The fourth-order valence-corrected chi connectivity index (χ4v) is 3.60. The quantitative estimate of drug-likeness (QED) is 0.731. The number of phenols is 2. The Labute approximate surface area is 102 Å². The van der Waals surface area contributed by atoms with Crippen molar-refractivity contribution in [2.75, 3.05) is 13.1 Å². The number of likely N-dealkylation sites (tertiary alicyclic amines) is 1. The molecule has 17 heavy (non-hydrogen) atoms. The molecular formula is C14H19NO2. The summed E-state index contributed by atoms with van der Waals surface area (Å²) in [6.45, 7) is 4.49. The Balaban J connectivity index is 2.02. The first kappa shape index (κ1) is 10.9. The van der Waals surface area contributed by atoms with Crippen molar-refractivity contribution in [1.29, 1.82) is 0 Å². The molecule has 0 saturated carbocycles. The van der Waals surface area contributed by atoms with Crippen molar-refractivity contribution in [3.05, 3.63) is 23.3 Å². The molecule has 1 aromatic rings. The highest BCUT2D eigenvalue weighted by Crippen LogP contribution is 2.46. The lowest BCUT2D eigenvalue weighted by molar-refractivity contribution is 0.237. The molecule has 3 rings (SSSR count). The number of hydrogen-bond donors (Lipinski definition) is 2. The van der Waals surface area contributed by atoms with Gasteiger partial charge in [0.2, 0.25) is 0 Å². The third-order valence-electron chi connectivity index (χ3n) is 4.45. The van der Waals surface area contributed by atoms with Gasteiger partial charge in [-0.15, -0.1) is 0 Å². The van der Waals surface area contributed by atoms with E-state index in [-0.39, 0.29) is 11.5 Å². The Hall–Kier alpha value is -1.22. The maximum atomic E-state index is 9.92. The van der Waals surface area contributed by atoms with Crippen LogP contribution in [0.4, 0.5) is 0 Å². The molecule has 2 unspecified atom stereocenters. The third kappa shape index (κ3) is 1.53. The number of fused-ring (bicyclic) bond motifs is 3. The summed E-state index contributed by atoms with van der Waals surface area (Å²) in [5.41, 5.74) is 2.23. The van der Waals surface area contributed by atoms with E-state index in [0.29, 0.717) is 12.0 Å². The molecule has 0 radical (unpaired) electrons. The van der Waals surface area contributed by atoms with Crippen LogP contribution in [-0.4, -0.2) is 34.2 Å². The van der Waals surface area contributed by atoms with E-state index in [1.54, 1.807) is 6.07 Å². The van der Waals surface area contributed by atoms with Crippen LogP contribution in [0.1, 0.15) is 36.8 Å². The molecule has 0 amide bonds. The number of hydrogen-bond acceptors (Lipinski definition) is 3. The maximum absolute atomic E-state index is 9.92. The summed E-state index contributed by atoms with van der Waals surface area (Å²) in [5, 5.41) is 19.5. The zero-order chi connectivity index (χ0) is 12.0. The van der Waals surface area contributed by atoms with Crippen LogP contribution in [0.3, 0.4) is 0 Å². The Bertz CT molecular complexity index is 444. The lowest BCUT2D eigenvalue weighted by Crippen LogP contribution is -2.34. The topological polar surface area (TPSA) is 43.7 Å². The fourth-order valence-electron chi connectivity index (χ4n) is 3.60. The molecule has 2 aliphatic rings. The summed E-state index contributed by atoms with van der Waals surface area (Å²) in [4.78, 5) is 2.54. The standard InChI is InChI=1S/C14H19NO2/c1-2-15-8-7-10-9-4-6-13(16)14(17)11(9)3-5-12(10)15/h4,6,10,12,16-17H,2-3,5,7-8H2,1H3. The SMILES string of the molecule is CCN1CCC2c3ccc(O)c(O)c3CCC21. The van der Waals surface area contributed by atoms with Gasteiger partial charge in [-0.2, -0.15) is 0 Å². The van der Waals surface area contributed by atoms with Gasteiger partial charge in [-0.3, -0.25) is 0 Å². The van der Waals surface area contributed by atoms with E-state index < -0.39 is 0 Å². The van der Waals surface area contributed by atoms with Gasteiger partial charge in [0.25, 0.3) is 0 Å². The molecule has 1 saturated heterocycles. The first-order valence-corrected chi connectivity index (χ1v) is 6.50. The van der Waals surface area contributed by atoms with Gasteiger partial charge in [-0.05, 0) is 44.0 Å². The second-order valence-corrected chi connectivity index (χ2v) is 5.13. The lowest BCUT2D eigenvalue weighted by Gasteiger charge is -2.33.